The van der Waals surface area contributed by atoms with Gasteiger partial charge in [0.05, 0.1) is 5.69 Å². The van der Waals surface area contributed by atoms with Gasteiger partial charge in [-0.3, -0.25) is 9.11 Å². The van der Waals surface area contributed by atoms with Crippen LogP contribution >= 0.6 is 0 Å². The molecule has 0 bridgehead atoms. The van der Waals surface area contributed by atoms with Crippen LogP contribution in [0.1, 0.15) is 0 Å². The zero-order valence-corrected chi connectivity index (χ0v) is 13.0. The van der Waals surface area contributed by atoms with Crippen molar-refractivity contribution in [3.63, 3.8) is 0 Å². The van der Waals surface area contributed by atoms with E-state index in [1.54, 1.807) is 0 Å². The highest BCUT2D eigenvalue weighted by molar-refractivity contribution is 7.86. The SMILES string of the molecule is Nc1cccc(/N=N/c2ccccc2S(=O)(=O)O)c1S(=O)(=O)O. The molecule has 4 N–H and O–H groups in total. The highest BCUT2D eigenvalue weighted by Gasteiger charge is 2.19. The van der Waals surface area contributed by atoms with Crippen molar-refractivity contribution in [2.24, 2.45) is 10.2 Å². The fourth-order valence-electron chi connectivity index (χ4n) is 1.77. The predicted octanol–water partition coefficient (Wildman–Crippen LogP) is 2.18. The number of benzene rings is 2. The van der Waals surface area contributed by atoms with Gasteiger partial charge in [-0.2, -0.15) is 16.8 Å². The van der Waals surface area contributed by atoms with Crippen molar-refractivity contribution in [2.45, 2.75) is 9.79 Å². The van der Waals surface area contributed by atoms with Crippen LogP contribution in [-0.2, 0) is 20.2 Å². The minimum atomic E-state index is -4.65. The monoisotopic (exact) mass is 357 g/mol. The van der Waals surface area contributed by atoms with Crippen LogP contribution in [0, 0.1) is 0 Å². The Morgan fingerprint density at radius 3 is 1.96 bits per heavy atom. The Hall–Kier alpha value is -2.34. The lowest BCUT2D eigenvalue weighted by molar-refractivity contribution is 0.481. The number of rotatable bonds is 4. The third-order valence-corrected chi connectivity index (χ3v) is 4.55. The van der Waals surface area contributed by atoms with Crippen molar-refractivity contribution in [3.8, 4) is 0 Å². The zero-order valence-electron chi connectivity index (χ0n) is 11.4. The topological polar surface area (TPSA) is 159 Å². The third-order valence-electron chi connectivity index (χ3n) is 2.69. The van der Waals surface area contributed by atoms with Crippen molar-refractivity contribution in [3.05, 3.63) is 42.5 Å². The molecule has 2 aromatic rings. The van der Waals surface area contributed by atoms with Crippen LogP contribution in [0.25, 0.3) is 0 Å². The van der Waals surface area contributed by atoms with Crippen molar-refractivity contribution in [2.75, 3.05) is 5.73 Å². The summed E-state index contributed by atoms with van der Waals surface area (Å²) in [6, 6.07) is 9.03. The summed E-state index contributed by atoms with van der Waals surface area (Å²) in [5.74, 6) is 0. The highest BCUT2D eigenvalue weighted by atomic mass is 32.2. The molecule has 11 heteroatoms. The van der Waals surface area contributed by atoms with E-state index >= 15 is 0 Å². The van der Waals surface area contributed by atoms with Crippen LogP contribution in [0.3, 0.4) is 0 Å². The standard InChI is InChI=1S/C12H11N3O6S2/c13-8-4-3-6-10(12(8)23(19,20)21)15-14-9-5-1-2-7-11(9)22(16,17)18/h1-7H,13H2,(H,16,17,18)(H,19,20,21)/b15-14+. The van der Waals surface area contributed by atoms with Gasteiger partial charge in [-0.15, -0.1) is 10.2 Å². The summed E-state index contributed by atoms with van der Waals surface area (Å²) in [4.78, 5) is -1.14. The highest BCUT2D eigenvalue weighted by Crippen LogP contribution is 2.32. The van der Waals surface area contributed by atoms with Gasteiger partial charge in [-0.25, -0.2) is 0 Å². The van der Waals surface area contributed by atoms with Crippen LogP contribution in [0.15, 0.2) is 62.5 Å². The first kappa shape index (κ1) is 17.0. The summed E-state index contributed by atoms with van der Waals surface area (Å²) < 4.78 is 63.5. The van der Waals surface area contributed by atoms with Crippen molar-refractivity contribution in [1.82, 2.24) is 0 Å². The fourth-order valence-corrected chi connectivity index (χ4v) is 3.13. The Labute approximate surface area is 132 Å². The second-order valence-corrected chi connectivity index (χ2v) is 7.06. The lowest BCUT2D eigenvalue weighted by atomic mass is 10.3. The molecule has 0 fully saturated rings. The molecule has 0 aliphatic heterocycles. The molecule has 0 aromatic heterocycles. The molecular weight excluding hydrogens is 346 g/mol. The average Bonchev–Trinajstić information content (AvgIpc) is 2.43. The minimum absolute atomic E-state index is 0.210. The summed E-state index contributed by atoms with van der Waals surface area (Å²) in [7, 11) is -9.18. The van der Waals surface area contributed by atoms with Gasteiger partial charge in [-0.05, 0) is 24.3 Å². The van der Waals surface area contributed by atoms with Crippen LogP contribution in [0.5, 0.6) is 0 Å². The maximum absolute atomic E-state index is 11.4. The maximum Gasteiger partial charge on any atom is 0.298 e. The average molecular weight is 357 g/mol. The predicted molar refractivity (Wildman–Crippen MR) is 81.1 cm³/mol. The molecule has 0 unspecified atom stereocenters. The maximum atomic E-state index is 11.4. The number of nitrogens with two attached hydrogens (primary N) is 1. The van der Waals surface area contributed by atoms with E-state index < -0.39 is 30.0 Å². The summed E-state index contributed by atoms with van der Waals surface area (Å²) in [6.45, 7) is 0. The van der Waals surface area contributed by atoms with E-state index in [1.807, 2.05) is 0 Å². The van der Waals surface area contributed by atoms with Crippen molar-refractivity contribution >= 4 is 37.3 Å². The van der Waals surface area contributed by atoms with Gasteiger partial charge in [0.25, 0.3) is 20.2 Å². The summed E-state index contributed by atoms with van der Waals surface area (Å²) in [6.07, 6.45) is 0. The van der Waals surface area contributed by atoms with Gasteiger partial charge in [-0.1, -0.05) is 18.2 Å². The number of azo groups is 1. The quantitative estimate of drug-likeness (QED) is 0.429. The minimum Gasteiger partial charge on any atom is -0.398 e. The van der Waals surface area contributed by atoms with Crippen LogP contribution in [0.2, 0.25) is 0 Å². The first-order valence-corrected chi connectivity index (χ1v) is 8.83. The number of nitrogen functional groups attached to an aromatic ring is 1. The Balaban J connectivity index is 2.59. The Kier molecular flexibility index (Phi) is 4.47. The molecule has 0 heterocycles. The molecule has 122 valence electrons. The Bertz CT molecular complexity index is 984. The van der Waals surface area contributed by atoms with Crippen molar-refractivity contribution < 1.29 is 25.9 Å². The Morgan fingerprint density at radius 2 is 1.35 bits per heavy atom. The van der Waals surface area contributed by atoms with Gasteiger partial charge in [0.15, 0.2) is 0 Å². The molecule has 0 saturated carbocycles. The number of hydrogen-bond donors (Lipinski definition) is 3. The second-order valence-electron chi connectivity index (χ2n) is 4.31. The molecule has 2 rings (SSSR count). The lowest BCUT2D eigenvalue weighted by Crippen LogP contribution is -2.03. The fraction of sp³-hybridized carbons (Fsp3) is 0. The van der Waals surface area contributed by atoms with Gasteiger partial charge < -0.3 is 5.73 Å². The second kappa shape index (κ2) is 6.04. The molecule has 0 aliphatic carbocycles. The lowest BCUT2D eigenvalue weighted by Gasteiger charge is -2.05. The van der Waals surface area contributed by atoms with E-state index in [0.29, 0.717) is 0 Å². The molecule has 23 heavy (non-hydrogen) atoms. The molecule has 0 saturated heterocycles. The van der Waals surface area contributed by atoms with E-state index in [0.717, 1.165) is 6.07 Å². The zero-order chi connectivity index (χ0) is 17.3. The normalized spacial score (nSPS) is 12.6. The molecule has 9 nitrogen and oxygen atoms in total. The summed E-state index contributed by atoms with van der Waals surface area (Å²) in [5, 5.41) is 7.22. The molecule has 2 aromatic carbocycles. The van der Waals surface area contributed by atoms with Gasteiger partial charge in [0, 0.05) is 0 Å². The number of nitrogens with zero attached hydrogens (tertiary/aromatic N) is 2. The summed E-state index contributed by atoms with van der Waals surface area (Å²) >= 11 is 0. The number of anilines is 1. The summed E-state index contributed by atoms with van der Waals surface area (Å²) in [5.41, 5.74) is 4.77. The molecule has 0 aliphatic rings. The van der Waals surface area contributed by atoms with Gasteiger partial charge in [0.2, 0.25) is 0 Å². The van der Waals surface area contributed by atoms with Crippen LogP contribution < -0.4 is 5.73 Å². The largest absolute Gasteiger partial charge is 0.398 e. The molecule has 0 spiro atoms. The van der Waals surface area contributed by atoms with E-state index in [4.69, 9.17) is 10.3 Å². The van der Waals surface area contributed by atoms with Gasteiger partial charge in [0.1, 0.15) is 21.2 Å². The van der Waals surface area contributed by atoms with E-state index in [9.17, 15) is 21.4 Å². The van der Waals surface area contributed by atoms with Crippen LogP contribution in [0.4, 0.5) is 17.1 Å². The van der Waals surface area contributed by atoms with Crippen molar-refractivity contribution in [1.29, 1.82) is 0 Å². The van der Waals surface area contributed by atoms with E-state index in [-0.39, 0.29) is 17.1 Å². The molecule has 0 atom stereocenters. The first-order valence-electron chi connectivity index (χ1n) is 5.95. The van der Waals surface area contributed by atoms with E-state index in [1.165, 1.54) is 36.4 Å². The third kappa shape index (κ3) is 3.90. The van der Waals surface area contributed by atoms with Gasteiger partial charge >= 0.3 is 0 Å². The first-order chi connectivity index (χ1) is 10.6. The van der Waals surface area contributed by atoms with E-state index in [2.05, 4.69) is 10.2 Å². The molecule has 0 radical (unpaired) electrons. The smallest absolute Gasteiger partial charge is 0.298 e. The Morgan fingerprint density at radius 1 is 0.783 bits per heavy atom. The number of hydrogen-bond acceptors (Lipinski definition) is 7. The molecular formula is C12H11N3O6S2. The van der Waals surface area contributed by atoms with Crippen LogP contribution in [-0.4, -0.2) is 25.9 Å². The molecule has 0 amide bonds.